The zero-order chi connectivity index (χ0) is 28.7. The Morgan fingerprint density at radius 1 is 0.512 bits per heavy atom. The van der Waals surface area contributed by atoms with Crippen LogP contribution in [0.15, 0.2) is 79.8 Å². The van der Waals surface area contributed by atoms with Gasteiger partial charge in [0.15, 0.2) is 0 Å². The first-order valence-corrected chi connectivity index (χ1v) is 13.2. The van der Waals surface area contributed by atoms with Gasteiger partial charge in [0.05, 0.1) is 10.8 Å². The molecule has 6 aromatic rings. The summed E-state index contributed by atoms with van der Waals surface area (Å²) in [7, 11) is 6.29. The molecule has 0 bridgehead atoms. The van der Waals surface area contributed by atoms with E-state index < -0.39 is 11.4 Å². The minimum atomic E-state index is -0.422. The van der Waals surface area contributed by atoms with Crippen molar-refractivity contribution in [1.29, 1.82) is 0 Å². The van der Waals surface area contributed by atoms with Gasteiger partial charge in [-0.25, -0.2) is 9.59 Å². The summed E-state index contributed by atoms with van der Waals surface area (Å²) in [5, 5.41) is 0.844. The Morgan fingerprint density at radius 2 is 0.878 bits per heavy atom. The van der Waals surface area contributed by atoms with E-state index in [0.29, 0.717) is 39.6 Å². The third-order valence-electron chi connectivity index (χ3n) is 8.17. The van der Waals surface area contributed by atoms with Crippen LogP contribution < -0.4 is 22.5 Å². The first kappa shape index (κ1) is 24.6. The SMILES string of the molecule is Cn1c(=O)c2c3c(n(-c4ccccc4)c2n(C)c1=O)Cc1c(c2c(=O)n(C)c(=O)n(C)c2n1-c1ccccc1)C=C3. The van der Waals surface area contributed by atoms with Crippen LogP contribution in [0.4, 0.5) is 0 Å². The summed E-state index contributed by atoms with van der Waals surface area (Å²) in [4.78, 5) is 53.4. The zero-order valence-electron chi connectivity index (χ0n) is 23.0. The number of nitrogens with zero attached hydrogens (tertiary/aromatic N) is 6. The fourth-order valence-corrected chi connectivity index (χ4v) is 6.19. The molecule has 0 unspecified atom stereocenters. The van der Waals surface area contributed by atoms with Crippen molar-refractivity contribution in [3.8, 4) is 11.4 Å². The van der Waals surface area contributed by atoms with Crippen LogP contribution in [0.3, 0.4) is 0 Å². The molecule has 0 atom stereocenters. The van der Waals surface area contributed by atoms with Gasteiger partial charge in [-0.3, -0.25) is 37.0 Å². The number of hydrogen-bond donors (Lipinski definition) is 0. The first-order valence-electron chi connectivity index (χ1n) is 13.2. The van der Waals surface area contributed by atoms with Crippen molar-refractivity contribution in [2.24, 2.45) is 28.2 Å². The molecular formula is C31H26N6O4. The molecule has 0 N–H and O–H groups in total. The van der Waals surface area contributed by atoms with Crippen LogP contribution in [0.1, 0.15) is 22.5 Å². The van der Waals surface area contributed by atoms with Crippen LogP contribution in [0.25, 0.3) is 45.6 Å². The smallest absolute Gasteiger partial charge is 0.298 e. The molecule has 10 nitrogen and oxygen atoms in total. The van der Waals surface area contributed by atoms with Crippen LogP contribution in [-0.4, -0.2) is 27.4 Å². The lowest BCUT2D eigenvalue weighted by Crippen LogP contribution is -2.37. The van der Waals surface area contributed by atoms with Crippen molar-refractivity contribution in [2.75, 3.05) is 0 Å². The maximum atomic E-state index is 13.6. The molecule has 2 aromatic carbocycles. The molecule has 10 heteroatoms. The molecule has 0 saturated carbocycles. The summed E-state index contributed by atoms with van der Waals surface area (Å²) >= 11 is 0. The normalized spacial score (nSPS) is 12.6. The van der Waals surface area contributed by atoms with Crippen LogP contribution in [0.2, 0.25) is 0 Å². The molecular weight excluding hydrogens is 520 g/mol. The average molecular weight is 547 g/mol. The molecule has 1 aliphatic rings. The van der Waals surface area contributed by atoms with Gasteiger partial charge >= 0.3 is 11.4 Å². The van der Waals surface area contributed by atoms with E-state index in [1.807, 2.05) is 81.9 Å². The highest BCUT2D eigenvalue weighted by molar-refractivity contribution is 5.99. The average Bonchev–Trinajstić information content (AvgIpc) is 3.42. The largest absolute Gasteiger partial charge is 0.332 e. The summed E-state index contributed by atoms with van der Waals surface area (Å²) in [6.07, 6.45) is 4.03. The van der Waals surface area contributed by atoms with Gasteiger partial charge < -0.3 is 0 Å². The summed E-state index contributed by atoms with van der Waals surface area (Å²) in [5.41, 5.74) is 3.91. The fourth-order valence-electron chi connectivity index (χ4n) is 6.19. The number of hydrogen-bond acceptors (Lipinski definition) is 4. The van der Waals surface area contributed by atoms with Gasteiger partial charge in [0, 0.05) is 68.5 Å². The molecule has 41 heavy (non-hydrogen) atoms. The second-order valence-corrected chi connectivity index (χ2v) is 10.4. The van der Waals surface area contributed by atoms with E-state index in [4.69, 9.17) is 0 Å². The molecule has 4 heterocycles. The molecule has 7 rings (SSSR count). The number of benzene rings is 2. The predicted molar refractivity (Wildman–Crippen MR) is 159 cm³/mol. The van der Waals surface area contributed by atoms with Crippen molar-refractivity contribution < 1.29 is 0 Å². The summed E-state index contributed by atoms with van der Waals surface area (Å²) in [6, 6.07) is 19.2. The van der Waals surface area contributed by atoms with Crippen molar-refractivity contribution in [3.63, 3.8) is 0 Å². The van der Waals surface area contributed by atoms with E-state index >= 15 is 0 Å². The molecule has 0 fully saturated rings. The predicted octanol–water partition coefficient (Wildman–Crippen LogP) is 2.44. The molecule has 204 valence electrons. The Balaban J connectivity index is 1.70. The second-order valence-electron chi connectivity index (χ2n) is 10.4. The summed E-state index contributed by atoms with van der Waals surface area (Å²) < 4.78 is 9.15. The number of aryl methyl sites for hydroxylation is 2. The molecule has 0 radical (unpaired) electrons. The minimum Gasteiger partial charge on any atom is -0.298 e. The van der Waals surface area contributed by atoms with E-state index in [0.717, 1.165) is 31.9 Å². The molecule has 4 aromatic heterocycles. The highest BCUT2D eigenvalue weighted by Gasteiger charge is 2.30. The quantitative estimate of drug-likeness (QED) is 0.333. The van der Waals surface area contributed by atoms with Gasteiger partial charge in [-0.1, -0.05) is 48.6 Å². The van der Waals surface area contributed by atoms with Crippen molar-refractivity contribution in [1.82, 2.24) is 27.4 Å². The van der Waals surface area contributed by atoms with E-state index in [2.05, 4.69) is 0 Å². The zero-order valence-corrected chi connectivity index (χ0v) is 23.0. The fraction of sp³-hybridized carbons (Fsp3) is 0.161. The lowest BCUT2D eigenvalue weighted by molar-refractivity contribution is 0.701. The first-order chi connectivity index (χ1) is 19.7. The van der Waals surface area contributed by atoms with Gasteiger partial charge in [-0.05, 0) is 24.3 Å². The van der Waals surface area contributed by atoms with Gasteiger partial charge in [0.25, 0.3) is 11.1 Å². The third-order valence-corrected chi connectivity index (χ3v) is 8.17. The van der Waals surface area contributed by atoms with Crippen LogP contribution in [0, 0.1) is 0 Å². The standard InChI is InChI=1S/C31H26N6O4/c1-32-26-24(28(38)34(3)30(32)40)20-15-16-21-23(17-22(20)36(26)18-11-7-5-8-12-18)37(19-13-9-6-10-14-19)27-25(21)29(39)35(4)31(41)33(27)2/h5-16H,17H2,1-4H3. The van der Waals surface area contributed by atoms with E-state index in [1.54, 1.807) is 14.1 Å². The Labute approximate surface area is 232 Å². The number of rotatable bonds is 2. The Morgan fingerprint density at radius 3 is 1.24 bits per heavy atom. The van der Waals surface area contributed by atoms with Crippen LogP contribution in [0.5, 0.6) is 0 Å². The third kappa shape index (κ3) is 3.18. The van der Waals surface area contributed by atoms with Crippen molar-refractivity contribution >= 4 is 34.2 Å². The molecule has 0 aliphatic heterocycles. The van der Waals surface area contributed by atoms with Crippen molar-refractivity contribution in [2.45, 2.75) is 6.42 Å². The highest BCUT2D eigenvalue weighted by atomic mass is 16.2. The van der Waals surface area contributed by atoms with Crippen molar-refractivity contribution in [3.05, 3.63) is 125 Å². The molecule has 0 spiro atoms. The van der Waals surface area contributed by atoms with E-state index in [9.17, 15) is 19.2 Å². The Kier molecular flexibility index (Phi) is 5.14. The van der Waals surface area contributed by atoms with Gasteiger partial charge in [0.1, 0.15) is 11.3 Å². The Hall–Kier alpha value is -5.38. The van der Waals surface area contributed by atoms with E-state index in [-0.39, 0.29) is 11.1 Å². The number of para-hydroxylation sites is 2. The molecule has 1 aliphatic carbocycles. The summed E-state index contributed by atoms with van der Waals surface area (Å²) in [5.74, 6) is 0. The molecule has 0 amide bonds. The van der Waals surface area contributed by atoms with Gasteiger partial charge in [-0.15, -0.1) is 0 Å². The van der Waals surface area contributed by atoms with Crippen LogP contribution >= 0.6 is 0 Å². The number of fused-ring (bicyclic) bond motifs is 6. The summed E-state index contributed by atoms with van der Waals surface area (Å²) in [6.45, 7) is 0. The second kappa shape index (κ2) is 8.56. The van der Waals surface area contributed by atoms with Gasteiger partial charge in [-0.2, -0.15) is 0 Å². The lowest BCUT2D eigenvalue weighted by Gasteiger charge is -2.16. The highest BCUT2D eigenvalue weighted by Crippen LogP contribution is 2.37. The molecule has 0 saturated heterocycles. The Bertz CT molecular complexity index is 2180. The maximum Gasteiger partial charge on any atom is 0.332 e. The number of aromatic nitrogens is 6. The minimum absolute atomic E-state index is 0.319. The monoisotopic (exact) mass is 546 g/mol. The topological polar surface area (TPSA) is 97.9 Å². The lowest BCUT2D eigenvalue weighted by atomic mass is 10.1. The van der Waals surface area contributed by atoms with E-state index in [1.165, 1.54) is 23.2 Å². The van der Waals surface area contributed by atoms with Gasteiger partial charge in [0.2, 0.25) is 0 Å². The maximum absolute atomic E-state index is 13.6. The van der Waals surface area contributed by atoms with Crippen LogP contribution in [-0.2, 0) is 34.6 Å².